The number of likely N-dealkylation sites (tertiary alicyclic amines) is 1. The number of β-amino-alcohol motifs (C(OH)–C–C–N with tert-alkyl or cyclic N) is 1. The minimum atomic E-state index is -4.46. The number of aromatic nitrogens is 1. The molecule has 0 saturated carbocycles. The molecule has 128 valence electrons. The van der Waals surface area contributed by atoms with Crippen molar-refractivity contribution in [2.75, 3.05) is 6.54 Å². The Morgan fingerprint density at radius 3 is 2.71 bits per heavy atom. The summed E-state index contributed by atoms with van der Waals surface area (Å²) in [5.74, 6) is -0.416. The summed E-state index contributed by atoms with van der Waals surface area (Å²) in [4.78, 5) is 16.7. The van der Waals surface area contributed by atoms with E-state index in [2.05, 4.69) is 4.98 Å². The van der Waals surface area contributed by atoms with Gasteiger partial charge in [0.15, 0.2) is 0 Å². The van der Waals surface area contributed by atoms with Gasteiger partial charge in [-0.15, -0.1) is 0 Å². The van der Waals surface area contributed by atoms with Crippen LogP contribution in [0.4, 0.5) is 13.2 Å². The lowest BCUT2D eigenvalue weighted by Crippen LogP contribution is -2.32. The van der Waals surface area contributed by atoms with E-state index in [9.17, 15) is 23.1 Å². The van der Waals surface area contributed by atoms with Crippen LogP contribution < -0.4 is 0 Å². The summed E-state index contributed by atoms with van der Waals surface area (Å²) >= 11 is 5.79. The maximum absolute atomic E-state index is 12.9. The molecule has 24 heavy (non-hydrogen) atoms. The van der Waals surface area contributed by atoms with E-state index < -0.39 is 29.8 Å². The Bertz CT molecular complexity index is 760. The van der Waals surface area contributed by atoms with Gasteiger partial charge in [0.2, 0.25) is 0 Å². The van der Waals surface area contributed by atoms with Gasteiger partial charge < -0.3 is 15.0 Å². The van der Waals surface area contributed by atoms with Crippen molar-refractivity contribution in [2.45, 2.75) is 24.7 Å². The van der Waals surface area contributed by atoms with Crippen LogP contribution in [0, 0.1) is 0 Å². The lowest BCUT2D eigenvalue weighted by Gasteiger charge is -2.25. The number of hydrogen-bond acceptors (Lipinski definition) is 2. The molecular weight excluding hydrogens is 345 g/mol. The van der Waals surface area contributed by atoms with Crippen LogP contribution in [-0.2, 0) is 6.18 Å². The Balaban J connectivity index is 1.92. The van der Waals surface area contributed by atoms with Crippen LogP contribution in [0.25, 0.3) is 0 Å². The molecule has 0 unspecified atom stereocenters. The summed E-state index contributed by atoms with van der Waals surface area (Å²) in [5, 5.41) is 10.3. The highest BCUT2D eigenvalue weighted by Gasteiger charge is 2.38. The molecule has 8 heteroatoms. The molecule has 1 aromatic heterocycles. The maximum atomic E-state index is 12.9. The van der Waals surface area contributed by atoms with Crippen molar-refractivity contribution in [1.29, 1.82) is 0 Å². The first-order valence-electron chi connectivity index (χ1n) is 7.26. The molecule has 0 aliphatic carbocycles. The van der Waals surface area contributed by atoms with E-state index in [1.165, 1.54) is 29.3 Å². The van der Waals surface area contributed by atoms with Crippen LogP contribution in [0.3, 0.4) is 0 Å². The standard InChI is InChI=1S/C16H14ClF3N2O2/c17-11-5-13(21-7-11)15(24)22-8-12(23)6-14(22)9-2-1-3-10(4-9)16(18,19)20/h1-5,7,12,14,21,23H,6,8H2/t12-,14-/m0/s1. The number of amides is 1. The number of H-pyrrole nitrogens is 1. The van der Waals surface area contributed by atoms with Gasteiger partial charge in [0.1, 0.15) is 5.69 Å². The average Bonchev–Trinajstić information content (AvgIpc) is 3.12. The first-order valence-corrected chi connectivity index (χ1v) is 7.63. The van der Waals surface area contributed by atoms with Gasteiger partial charge in [-0.2, -0.15) is 13.2 Å². The third-order valence-electron chi connectivity index (χ3n) is 4.02. The van der Waals surface area contributed by atoms with Gasteiger partial charge in [-0.3, -0.25) is 4.79 Å². The first-order chi connectivity index (χ1) is 11.3. The molecule has 1 amide bonds. The van der Waals surface area contributed by atoms with E-state index in [0.29, 0.717) is 10.6 Å². The summed E-state index contributed by atoms with van der Waals surface area (Å²) in [5.41, 5.74) is -0.213. The molecule has 2 heterocycles. The monoisotopic (exact) mass is 358 g/mol. The van der Waals surface area contributed by atoms with Crippen molar-refractivity contribution in [3.05, 3.63) is 58.4 Å². The van der Waals surface area contributed by atoms with Gasteiger partial charge in [-0.1, -0.05) is 23.7 Å². The molecule has 4 nitrogen and oxygen atoms in total. The number of hydrogen-bond donors (Lipinski definition) is 2. The highest BCUT2D eigenvalue weighted by atomic mass is 35.5. The van der Waals surface area contributed by atoms with E-state index in [4.69, 9.17) is 11.6 Å². The van der Waals surface area contributed by atoms with Crippen LogP contribution in [0.5, 0.6) is 0 Å². The van der Waals surface area contributed by atoms with Crippen molar-refractivity contribution < 1.29 is 23.1 Å². The largest absolute Gasteiger partial charge is 0.416 e. The zero-order valence-electron chi connectivity index (χ0n) is 12.3. The number of nitrogens with zero attached hydrogens (tertiary/aromatic N) is 1. The summed E-state index contributed by atoms with van der Waals surface area (Å²) in [6.45, 7) is 0.0520. The second-order valence-electron chi connectivity index (χ2n) is 5.72. The van der Waals surface area contributed by atoms with Crippen LogP contribution in [-0.4, -0.2) is 33.5 Å². The Morgan fingerprint density at radius 1 is 1.33 bits per heavy atom. The van der Waals surface area contributed by atoms with Gasteiger partial charge in [0, 0.05) is 12.7 Å². The molecule has 0 spiro atoms. The van der Waals surface area contributed by atoms with E-state index >= 15 is 0 Å². The number of benzene rings is 1. The Kier molecular flexibility index (Phi) is 4.31. The number of aliphatic hydroxyl groups excluding tert-OH is 1. The molecule has 2 aromatic rings. The van der Waals surface area contributed by atoms with Gasteiger partial charge in [0.25, 0.3) is 5.91 Å². The molecule has 2 N–H and O–H groups in total. The highest BCUT2D eigenvalue weighted by Crippen LogP contribution is 2.36. The molecule has 0 radical (unpaired) electrons. The second kappa shape index (κ2) is 6.14. The minimum absolute atomic E-state index is 0.0520. The fourth-order valence-electron chi connectivity index (χ4n) is 2.92. The first kappa shape index (κ1) is 16.9. The lowest BCUT2D eigenvalue weighted by atomic mass is 10.0. The molecule has 3 rings (SSSR count). The van der Waals surface area contributed by atoms with E-state index in [0.717, 1.165) is 12.1 Å². The zero-order chi connectivity index (χ0) is 17.5. The maximum Gasteiger partial charge on any atom is 0.416 e. The smallest absolute Gasteiger partial charge is 0.391 e. The van der Waals surface area contributed by atoms with Crippen molar-refractivity contribution in [3.63, 3.8) is 0 Å². The van der Waals surface area contributed by atoms with Crippen molar-refractivity contribution in [1.82, 2.24) is 9.88 Å². The number of aromatic amines is 1. The third-order valence-corrected chi connectivity index (χ3v) is 4.24. The summed E-state index contributed by atoms with van der Waals surface area (Å²) in [6.07, 6.45) is -3.63. The molecule has 1 saturated heterocycles. The van der Waals surface area contributed by atoms with Crippen LogP contribution >= 0.6 is 11.6 Å². The van der Waals surface area contributed by atoms with E-state index in [-0.39, 0.29) is 18.7 Å². The van der Waals surface area contributed by atoms with Gasteiger partial charge in [-0.25, -0.2) is 0 Å². The molecule has 1 fully saturated rings. The second-order valence-corrected chi connectivity index (χ2v) is 6.15. The zero-order valence-corrected chi connectivity index (χ0v) is 13.1. The summed E-state index contributed by atoms with van der Waals surface area (Å²) < 4.78 is 38.7. The Labute approximate surface area is 140 Å². The molecule has 2 atom stereocenters. The Hall–Kier alpha value is -1.99. The normalized spacial score (nSPS) is 21.3. The summed E-state index contributed by atoms with van der Waals surface area (Å²) in [6, 6.07) is 5.64. The number of nitrogens with one attached hydrogen (secondary N) is 1. The number of alkyl halides is 3. The quantitative estimate of drug-likeness (QED) is 0.861. The third kappa shape index (κ3) is 3.27. The number of halogens is 4. The number of rotatable bonds is 2. The van der Waals surface area contributed by atoms with Crippen LogP contribution in [0.2, 0.25) is 5.02 Å². The predicted octanol–water partition coefficient (Wildman–Crippen LogP) is 3.64. The molecule has 1 aliphatic heterocycles. The fourth-order valence-corrected chi connectivity index (χ4v) is 3.09. The average molecular weight is 359 g/mol. The van der Waals surface area contributed by atoms with Crippen molar-refractivity contribution >= 4 is 17.5 Å². The van der Waals surface area contributed by atoms with Crippen LogP contribution in [0.1, 0.15) is 34.1 Å². The number of carbonyl (C=O) groups excluding carboxylic acids is 1. The minimum Gasteiger partial charge on any atom is -0.391 e. The highest BCUT2D eigenvalue weighted by molar-refractivity contribution is 6.30. The summed E-state index contributed by atoms with van der Waals surface area (Å²) in [7, 11) is 0. The fraction of sp³-hybridized carbons (Fsp3) is 0.312. The number of carbonyl (C=O) groups is 1. The molecule has 0 bridgehead atoms. The van der Waals surface area contributed by atoms with Crippen molar-refractivity contribution in [3.8, 4) is 0 Å². The predicted molar refractivity (Wildman–Crippen MR) is 81.6 cm³/mol. The molecular formula is C16H14ClF3N2O2. The van der Waals surface area contributed by atoms with Gasteiger partial charge in [-0.05, 0) is 30.2 Å². The SMILES string of the molecule is O=C(c1cc(Cl)c[nH]1)N1C[C@@H](O)C[C@H]1c1cccc(C(F)(F)F)c1. The van der Waals surface area contributed by atoms with E-state index in [1.807, 2.05) is 0 Å². The molecule has 1 aliphatic rings. The molecule has 1 aromatic carbocycles. The Morgan fingerprint density at radius 2 is 2.08 bits per heavy atom. The van der Waals surface area contributed by atoms with Crippen LogP contribution in [0.15, 0.2) is 36.5 Å². The topological polar surface area (TPSA) is 56.3 Å². The van der Waals surface area contributed by atoms with Gasteiger partial charge in [0.05, 0.1) is 22.7 Å². The van der Waals surface area contributed by atoms with Crippen molar-refractivity contribution in [2.24, 2.45) is 0 Å². The van der Waals surface area contributed by atoms with Gasteiger partial charge >= 0.3 is 6.18 Å². The number of aliphatic hydroxyl groups is 1. The van der Waals surface area contributed by atoms with E-state index in [1.54, 1.807) is 0 Å². The lowest BCUT2D eigenvalue weighted by molar-refractivity contribution is -0.137.